The minimum Gasteiger partial charge on any atom is -0.450 e. The molecule has 2 aromatic carbocycles. The Labute approximate surface area is 169 Å². The molecule has 7 heteroatoms. The molecule has 0 fully saturated rings. The summed E-state index contributed by atoms with van der Waals surface area (Å²) in [6.45, 7) is 3.71. The molecule has 0 saturated heterocycles. The van der Waals surface area contributed by atoms with Gasteiger partial charge in [0.05, 0.1) is 22.7 Å². The summed E-state index contributed by atoms with van der Waals surface area (Å²) in [6.07, 6.45) is 0. The van der Waals surface area contributed by atoms with Crippen molar-refractivity contribution in [1.82, 2.24) is 4.98 Å². The van der Waals surface area contributed by atoms with Crippen molar-refractivity contribution in [3.8, 4) is 0 Å². The quantitative estimate of drug-likeness (QED) is 0.482. The van der Waals surface area contributed by atoms with Crippen molar-refractivity contribution in [2.45, 2.75) is 19.9 Å². The van der Waals surface area contributed by atoms with Crippen LogP contribution < -0.4 is 10.3 Å². The van der Waals surface area contributed by atoms with Crippen LogP contribution in [-0.2, 0) is 0 Å². The number of anilines is 1. The largest absolute Gasteiger partial charge is 0.450 e. The van der Waals surface area contributed by atoms with E-state index in [0.717, 1.165) is 11.3 Å². The lowest BCUT2D eigenvalue weighted by Crippen LogP contribution is -2.29. The van der Waals surface area contributed by atoms with Gasteiger partial charge in [0.25, 0.3) is 5.91 Å². The van der Waals surface area contributed by atoms with Crippen molar-refractivity contribution >= 4 is 33.3 Å². The van der Waals surface area contributed by atoms with E-state index in [9.17, 15) is 14.0 Å². The number of rotatable bonds is 2. The minimum atomic E-state index is -0.806. The Bertz CT molecular complexity index is 1360. The molecule has 3 heterocycles. The Balaban J connectivity index is 1.84. The molecule has 0 radical (unpaired) electrons. The van der Waals surface area contributed by atoms with Crippen molar-refractivity contribution in [3.05, 3.63) is 92.0 Å². The van der Waals surface area contributed by atoms with E-state index in [1.54, 1.807) is 24.3 Å². The molecule has 0 unspecified atom stereocenters. The van der Waals surface area contributed by atoms with Crippen molar-refractivity contribution in [1.29, 1.82) is 0 Å². The van der Waals surface area contributed by atoms with Crippen LogP contribution in [0.1, 0.15) is 39.0 Å². The summed E-state index contributed by atoms with van der Waals surface area (Å²) in [6, 6.07) is 10.4. The van der Waals surface area contributed by atoms with Gasteiger partial charge in [-0.1, -0.05) is 23.8 Å². The van der Waals surface area contributed by atoms with Crippen LogP contribution in [0.4, 0.5) is 9.52 Å². The number of thiazole rings is 1. The van der Waals surface area contributed by atoms with Gasteiger partial charge in [0, 0.05) is 5.38 Å². The maximum absolute atomic E-state index is 14.0. The van der Waals surface area contributed by atoms with Crippen LogP contribution in [-0.4, -0.2) is 10.9 Å². The third-order valence-electron chi connectivity index (χ3n) is 5.00. The van der Waals surface area contributed by atoms with Crippen molar-refractivity contribution in [2.75, 3.05) is 4.90 Å². The molecule has 0 bridgehead atoms. The maximum atomic E-state index is 14.0. The number of aryl methyl sites for hydroxylation is 2. The van der Waals surface area contributed by atoms with E-state index < -0.39 is 17.8 Å². The molecule has 0 N–H and O–H groups in total. The first-order chi connectivity index (χ1) is 13.9. The van der Waals surface area contributed by atoms with Crippen LogP contribution >= 0.6 is 11.3 Å². The molecule has 1 atom stereocenters. The summed E-state index contributed by atoms with van der Waals surface area (Å²) >= 11 is 1.29. The molecule has 4 aromatic rings. The van der Waals surface area contributed by atoms with Crippen molar-refractivity contribution in [2.24, 2.45) is 0 Å². The number of hydrogen-bond donors (Lipinski definition) is 0. The third-order valence-corrected chi connectivity index (χ3v) is 5.96. The Kier molecular flexibility index (Phi) is 3.89. The number of carbonyl (C=O) groups excluding carboxylic acids is 1. The van der Waals surface area contributed by atoms with Crippen molar-refractivity contribution in [3.63, 3.8) is 0 Å². The lowest BCUT2D eigenvalue weighted by molar-refractivity contribution is 0.0971. The average molecular weight is 406 g/mol. The summed E-state index contributed by atoms with van der Waals surface area (Å²) in [4.78, 5) is 32.6. The van der Waals surface area contributed by atoms with E-state index in [0.29, 0.717) is 21.7 Å². The number of fused-ring (bicyclic) bond motifs is 2. The second-order valence-electron chi connectivity index (χ2n) is 7.08. The zero-order valence-electron chi connectivity index (χ0n) is 15.6. The monoisotopic (exact) mass is 406 g/mol. The SMILES string of the molecule is Cc1ccc2oc3c(c(=O)c2c1)[C@@H](c1cccc(F)c1)N(c1nc(C)cs1)C3=O. The molecular weight excluding hydrogens is 391 g/mol. The molecule has 144 valence electrons. The Morgan fingerprint density at radius 3 is 2.69 bits per heavy atom. The summed E-state index contributed by atoms with van der Waals surface area (Å²) < 4.78 is 19.9. The minimum absolute atomic E-state index is 0.0199. The molecule has 5 nitrogen and oxygen atoms in total. The lowest BCUT2D eigenvalue weighted by atomic mass is 9.98. The highest BCUT2D eigenvalue weighted by atomic mass is 32.1. The summed E-state index contributed by atoms with van der Waals surface area (Å²) in [5.41, 5.74) is 2.43. The Hall–Kier alpha value is -3.32. The van der Waals surface area contributed by atoms with E-state index >= 15 is 0 Å². The van der Waals surface area contributed by atoms with Gasteiger partial charge in [-0.3, -0.25) is 14.5 Å². The van der Waals surface area contributed by atoms with Gasteiger partial charge in [0.1, 0.15) is 11.4 Å². The van der Waals surface area contributed by atoms with E-state index in [4.69, 9.17) is 4.42 Å². The number of benzene rings is 2. The summed E-state index contributed by atoms with van der Waals surface area (Å²) in [5.74, 6) is -0.920. The topological polar surface area (TPSA) is 63.4 Å². The van der Waals surface area contributed by atoms with Gasteiger partial charge in [-0.25, -0.2) is 9.37 Å². The zero-order valence-corrected chi connectivity index (χ0v) is 16.4. The molecule has 29 heavy (non-hydrogen) atoms. The predicted octanol–water partition coefficient (Wildman–Crippen LogP) is 4.76. The van der Waals surface area contributed by atoms with Gasteiger partial charge in [-0.2, -0.15) is 0 Å². The number of halogens is 1. The summed E-state index contributed by atoms with van der Waals surface area (Å²) in [7, 11) is 0. The average Bonchev–Trinajstić information content (AvgIpc) is 3.24. The van der Waals surface area contributed by atoms with Crippen molar-refractivity contribution < 1.29 is 13.6 Å². The lowest BCUT2D eigenvalue weighted by Gasteiger charge is -2.22. The molecule has 0 aliphatic carbocycles. The van der Waals surface area contributed by atoms with Crippen LogP contribution in [0, 0.1) is 19.7 Å². The predicted molar refractivity (Wildman–Crippen MR) is 109 cm³/mol. The normalized spacial score (nSPS) is 15.9. The molecule has 1 amide bonds. The van der Waals surface area contributed by atoms with E-state index in [-0.39, 0.29) is 16.8 Å². The van der Waals surface area contributed by atoms with Gasteiger partial charge in [0.15, 0.2) is 10.6 Å². The van der Waals surface area contributed by atoms with Crippen LogP contribution in [0.3, 0.4) is 0 Å². The van der Waals surface area contributed by atoms with E-state index in [1.807, 2.05) is 25.3 Å². The summed E-state index contributed by atoms with van der Waals surface area (Å²) in [5, 5.41) is 2.66. The van der Waals surface area contributed by atoms with Gasteiger partial charge in [-0.05, 0) is 43.7 Å². The highest BCUT2D eigenvalue weighted by Gasteiger charge is 2.44. The first-order valence-corrected chi connectivity index (χ1v) is 9.90. The number of carbonyl (C=O) groups is 1. The van der Waals surface area contributed by atoms with Gasteiger partial charge < -0.3 is 4.42 Å². The van der Waals surface area contributed by atoms with E-state index in [2.05, 4.69) is 4.98 Å². The fourth-order valence-corrected chi connectivity index (χ4v) is 4.56. The fourth-order valence-electron chi connectivity index (χ4n) is 3.73. The standard InChI is InChI=1S/C22H15FN2O3S/c1-11-6-7-16-15(8-11)19(26)17-18(13-4-3-5-14(23)9-13)25(21(27)20(17)28-16)22-24-12(2)10-29-22/h3-10,18H,1-2H3/t18-/m1/s1. The third kappa shape index (κ3) is 2.69. The highest BCUT2D eigenvalue weighted by molar-refractivity contribution is 7.14. The number of amides is 1. The van der Waals surface area contributed by atoms with E-state index in [1.165, 1.54) is 28.4 Å². The number of nitrogens with zero attached hydrogens (tertiary/aromatic N) is 2. The fraction of sp³-hybridized carbons (Fsp3) is 0.136. The first kappa shape index (κ1) is 17.8. The second-order valence-corrected chi connectivity index (χ2v) is 7.91. The van der Waals surface area contributed by atoms with Gasteiger partial charge >= 0.3 is 0 Å². The second kappa shape index (κ2) is 6.35. The number of aromatic nitrogens is 1. The molecule has 1 aliphatic heterocycles. The van der Waals surface area contributed by atoms with Gasteiger partial charge in [-0.15, -0.1) is 11.3 Å². The Morgan fingerprint density at radius 1 is 1.14 bits per heavy atom. The molecule has 5 rings (SSSR count). The molecular formula is C22H15FN2O3S. The van der Waals surface area contributed by atoms with Crippen LogP contribution in [0.15, 0.2) is 57.1 Å². The van der Waals surface area contributed by atoms with Crippen LogP contribution in [0.2, 0.25) is 0 Å². The molecule has 1 aliphatic rings. The first-order valence-electron chi connectivity index (χ1n) is 9.02. The maximum Gasteiger partial charge on any atom is 0.297 e. The highest BCUT2D eigenvalue weighted by Crippen LogP contribution is 2.42. The Morgan fingerprint density at radius 2 is 1.97 bits per heavy atom. The smallest absolute Gasteiger partial charge is 0.297 e. The van der Waals surface area contributed by atoms with Crippen LogP contribution in [0.5, 0.6) is 0 Å². The molecule has 0 spiro atoms. The molecule has 0 saturated carbocycles. The van der Waals surface area contributed by atoms with Gasteiger partial charge in [0.2, 0.25) is 5.76 Å². The van der Waals surface area contributed by atoms with Crippen LogP contribution in [0.25, 0.3) is 11.0 Å². The zero-order chi connectivity index (χ0) is 20.3. The molecule has 2 aromatic heterocycles. The number of hydrogen-bond acceptors (Lipinski definition) is 5.